The minimum absolute atomic E-state index is 0.293. The molecule has 0 saturated carbocycles. The normalized spacial score (nSPS) is 13.8. The molecule has 0 spiro atoms. The molecule has 0 fully saturated rings. The third kappa shape index (κ3) is 8.74. The van der Waals surface area contributed by atoms with Gasteiger partial charge in [0.25, 0.3) is 0 Å². The zero-order valence-corrected chi connectivity index (χ0v) is 14.6. The molecule has 0 aromatic heterocycles. The van der Waals surface area contributed by atoms with Gasteiger partial charge in [-0.2, -0.15) is 0 Å². The number of aliphatic hydroxyl groups excluding tert-OH is 1. The zero-order chi connectivity index (χ0) is 17.1. The van der Waals surface area contributed by atoms with Crippen LogP contribution in [0.4, 0.5) is 0 Å². The van der Waals surface area contributed by atoms with Crippen LogP contribution in [0.25, 0.3) is 0 Å². The van der Waals surface area contributed by atoms with Crippen molar-refractivity contribution in [2.45, 2.75) is 38.8 Å². The van der Waals surface area contributed by atoms with Crippen LogP contribution in [0.1, 0.15) is 25.8 Å². The van der Waals surface area contributed by atoms with Gasteiger partial charge in [0.15, 0.2) is 0 Å². The topological polar surface area (TPSA) is 50.7 Å². The maximum Gasteiger partial charge on any atom is 0.119 e. The zero-order valence-electron chi connectivity index (χ0n) is 14.6. The van der Waals surface area contributed by atoms with E-state index in [1.165, 1.54) is 5.56 Å². The van der Waals surface area contributed by atoms with Crippen LogP contribution in [0.3, 0.4) is 0 Å². The van der Waals surface area contributed by atoms with Gasteiger partial charge in [0, 0.05) is 26.3 Å². The number of benzene rings is 1. The second kappa shape index (κ2) is 11.2. The van der Waals surface area contributed by atoms with Crippen molar-refractivity contribution >= 4 is 0 Å². The van der Waals surface area contributed by atoms with Crippen molar-refractivity contribution < 1.29 is 14.6 Å². The van der Waals surface area contributed by atoms with Crippen LogP contribution in [0.15, 0.2) is 36.9 Å². The molecule has 0 heterocycles. The van der Waals surface area contributed by atoms with Crippen LogP contribution in [0, 0.1) is 5.92 Å². The van der Waals surface area contributed by atoms with Crippen molar-refractivity contribution in [3.63, 3.8) is 0 Å². The van der Waals surface area contributed by atoms with Crippen LogP contribution >= 0.6 is 0 Å². The molecule has 4 nitrogen and oxygen atoms in total. The molecule has 0 bridgehead atoms. The SMILES string of the molecule is C=CCC(COC)Cc1ccc(OCC(O)CNC(C)C)cc1. The van der Waals surface area contributed by atoms with Crippen LogP contribution in [0.5, 0.6) is 5.75 Å². The molecule has 2 unspecified atom stereocenters. The van der Waals surface area contributed by atoms with E-state index in [0.717, 1.165) is 25.2 Å². The Morgan fingerprint density at radius 1 is 1.22 bits per heavy atom. The standard InChI is InChI=1S/C19H31NO3/c1-5-6-17(13-22-4)11-16-7-9-19(10-8-16)23-14-18(21)12-20-15(2)3/h5,7-10,15,17-18,20-21H,1,6,11-14H2,2-4H3. The third-order valence-corrected chi connectivity index (χ3v) is 3.55. The van der Waals surface area contributed by atoms with Gasteiger partial charge in [-0.05, 0) is 36.5 Å². The molecule has 0 aliphatic heterocycles. The lowest BCUT2D eigenvalue weighted by Gasteiger charge is -2.16. The number of nitrogens with one attached hydrogen (secondary N) is 1. The van der Waals surface area contributed by atoms with Crippen molar-refractivity contribution in [1.29, 1.82) is 0 Å². The first-order chi connectivity index (χ1) is 11.0. The van der Waals surface area contributed by atoms with Gasteiger partial charge in [0.05, 0.1) is 0 Å². The van der Waals surface area contributed by atoms with Gasteiger partial charge in [0.1, 0.15) is 18.5 Å². The minimum atomic E-state index is -0.504. The number of ether oxygens (including phenoxy) is 2. The summed E-state index contributed by atoms with van der Waals surface area (Å²) < 4.78 is 10.9. The summed E-state index contributed by atoms with van der Waals surface area (Å²) in [5.74, 6) is 1.23. The summed E-state index contributed by atoms with van der Waals surface area (Å²) in [5, 5.41) is 13.0. The Bertz CT molecular complexity index is 431. The Hall–Kier alpha value is -1.36. The maximum atomic E-state index is 9.84. The van der Waals surface area contributed by atoms with Crippen molar-refractivity contribution in [2.24, 2.45) is 5.92 Å². The van der Waals surface area contributed by atoms with Gasteiger partial charge in [0.2, 0.25) is 0 Å². The second-order valence-corrected chi connectivity index (χ2v) is 6.22. The lowest BCUT2D eigenvalue weighted by atomic mass is 9.97. The summed E-state index contributed by atoms with van der Waals surface area (Å²) in [5.41, 5.74) is 1.25. The number of hydrogen-bond acceptors (Lipinski definition) is 4. The Labute approximate surface area is 140 Å². The van der Waals surface area contributed by atoms with E-state index in [1.807, 2.05) is 18.2 Å². The molecule has 2 atom stereocenters. The molecule has 0 aliphatic carbocycles. The monoisotopic (exact) mass is 321 g/mol. The van der Waals surface area contributed by atoms with E-state index < -0.39 is 6.10 Å². The number of allylic oxidation sites excluding steroid dienone is 1. The van der Waals surface area contributed by atoms with Gasteiger partial charge in [-0.15, -0.1) is 6.58 Å². The molecule has 2 N–H and O–H groups in total. The highest BCUT2D eigenvalue weighted by Crippen LogP contribution is 2.17. The van der Waals surface area contributed by atoms with Gasteiger partial charge in [-0.3, -0.25) is 0 Å². The molecule has 4 heteroatoms. The fraction of sp³-hybridized carbons (Fsp3) is 0.579. The average molecular weight is 321 g/mol. The smallest absolute Gasteiger partial charge is 0.119 e. The first-order valence-electron chi connectivity index (χ1n) is 8.28. The summed E-state index contributed by atoms with van der Waals surface area (Å²) in [7, 11) is 1.73. The number of hydrogen-bond donors (Lipinski definition) is 2. The molecule has 1 aromatic rings. The highest BCUT2D eigenvalue weighted by molar-refractivity contribution is 5.27. The van der Waals surface area contributed by atoms with Crippen LogP contribution in [-0.4, -0.2) is 44.1 Å². The van der Waals surface area contributed by atoms with E-state index in [2.05, 4.69) is 37.9 Å². The van der Waals surface area contributed by atoms with Gasteiger partial charge < -0.3 is 19.9 Å². The summed E-state index contributed by atoms with van der Waals surface area (Å²) in [6.07, 6.45) is 3.34. The van der Waals surface area contributed by atoms with Crippen LogP contribution < -0.4 is 10.1 Å². The summed E-state index contributed by atoms with van der Waals surface area (Å²) >= 11 is 0. The Balaban J connectivity index is 2.41. The molecule has 23 heavy (non-hydrogen) atoms. The van der Waals surface area contributed by atoms with E-state index in [0.29, 0.717) is 25.1 Å². The molecule has 130 valence electrons. The molecule has 0 radical (unpaired) electrons. The van der Waals surface area contributed by atoms with Crippen molar-refractivity contribution in [2.75, 3.05) is 26.9 Å². The molecule has 1 rings (SSSR count). The van der Waals surface area contributed by atoms with Gasteiger partial charge >= 0.3 is 0 Å². The predicted molar refractivity (Wildman–Crippen MR) is 95.0 cm³/mol. The van der Waals surface area contributed by atoms with E-state index >= 15 is 0 Å². The van der Waals surface area contributed by atoms with Crippen molar-refractivity contribution in [1.82, 2.24) is 5.32 Å². The Kier molecular flexibility index (Phi) is 9.60. The van der Waals surface area contributed by atoms with Gasteiger partial charge in [-0.1, -0.05) is 32.1 Å². The predicted octanol–water partition coefficient (Wildman–Crippen LogP) is 2.81. The summed E-state index contributed by atoms with van der Waals surface area (Å²) in [6, 6.07) is 8.41. The molecule has 0 aliphatic rings. The van der Waals surface area contributed by atoms with Crippen molar-refractivity contribution in [3.8, 4) is 5.75 Å². The fourth-order valence-corrected chi connectivity index (χ4v) is 2.36. The minimum Gasteiger partial charge on any atom is -0.491 e. The molecule has 0 saturated heterocycles. The highest BCUT2D eigenvalue weighted by Gasteiger charge is 2.09. The largest absolute Gasteiger partial charge is 0.491 e. The lowest BCUT2D eigenvalue weighted by molar-refractivity contribution is 0.104. The Morgan fingerprint density at radius 3 is 2.48 bits per heavy atom. The first kappa shape index (κ1) is 19.7. The molecule has 0 amide bonds. The second-order valence-electron chi connectivity index (χ2n) is 6.22. The summed E-state index contributed by atoms with van der Waals surface area (Å²) in [6.45, 7) is 9.47. The van der Waals surface area contributed by atoms with E-state index in [-0.39, 0.29) is 0 Å². The fourth-order valence-electron chi connectivity index (χ4n) is 2.36. The average Bonchev–Trinajstić information content (AvgIpc) is 2.52. The van der Waals surface area contributed by atoms with E-state index in [9.17, 15) is 5.11 Å². The quantitative estimate of drug-likeness (QED) is 0.581. The third-order valence-electron chi connectivity index (χ3n) is 3.55. The van der Waals surface area contributed by atoms with E-state index in [4.69, 9.17) is 9.47 Å². The number of rotatable bonds is 12. The number of methoxy groups -OCH3 is 1. The number of aliphatic hydroxyl groups is 1. The molecule has 1 aromatic carbocycles. The molecular formula is C19H31NO3. The van der Waals surface area contributed by atoms with Crippen LogP contribution in [0.2, 0.25) is 0 Å². The summed E-state index contributed by atoms with van der Waals surface area (Å²) in [4.78, 5) is 0. The van der Waals surface area contributed by atoms with Gasteiger partial charge in [-0.25, -0.2) is 0 Å². The van der Waals surface area contributed by atoms with E-state index in [1.54, 1.807) is 7.11 Å². The van der Waals surface area contributed by atoms with Crippen molar-refractivity contribution in [3.05, 3.63) is 42.5 Å². The lowest BCUT2D eigenvalue weighted by Crippen LogP contribution is -2.35. The maximum absolute atomic E-state index is 9.84. The highest BCUT2D eigenvalue weighted by atomic mass is 16.5. The Morgan fingerprint density at radius 2 is 1.91 bits per heavy atom. The molecular weight excluding hydrogens is 290 g/mol. The first-order valence-corrected chi connectivity index (χ1v) is 8.28. The van der Waals surface area contributed by atoms with Crippen LogP contribution in [-0.2, 0) is 11.2 Å².